The maximum absolute atomic E-state index is 10.4. The second-order valence-corrected chi connectivity index (χ2v) is 2.88. The molecule has 1 aliphatic heterocycles. The van der Waals surface area contributed by atoms with Gasteiger partial charge in [-0.1, -0.05) is 0 Å². The number of aliphatic carboxylic acids is 1. The van der Waals surface area contributed by atoms with Crippen molar-refractivity contribution < 1.29 is 9.90 Å². The van der Waals surface area contributed by atoms with Crippen LogP contribution in [0.1, 0.15) is 6.42 Å². The van der Waals surface area contributed by atoms with Gasteiger partial charge < -0.3 is 10.4 Å². The molecular weight excluding hydrogens is 118 g/mol. The molecule has 0 amide bonds. The van der Waals surface area contributed by atoms with Crippen LogP contribution in [0, 0.1) is 11.8 Å². The van der Waals surface area contributed by atoms with E-state index in [2.05, 4.69) is 5.32 Å². The minimum atomic E-state index is -0.681. The first-order valence-corrected chi connectivity index (χ1v) is 3.25. The molecule has 2 N–H and O–H groups in total. The number of carbonyl (C=O) groups is 1. The van der Waals surface area contributed by atoms with Crippen LogP contribution < -0.4 is 5.32 Å². The molecule has 50 valence electrons. The zero-order valence-electron chi connectivity index (χ0n) is 5.00. The number of nitrogens with one attached hydrogen (secondary N) is 1. The molecule has 1 heterocycles. The Morgan fingerprint density at radius 3 is 2.67 bits per heavy atom. The van der Waals surface area contributed by atoms with Crippen LogP contribution in [-0.2, 0) is 4.79 Å². The summed E-state index contributed by atoms with van der Waals surface area (Å²) in [4.78, 5) is 10.4. The number of hydrogen-bond acceptors (Lipinski definition) is 2. The first kappa shape index (κ1) is 5.23. The van der Waals surface area contributed by atoms with Crippen molar-refractivity contribution in [2.45, 2.75) is 12.5 Å². The van der Waals surface area contributed by atoms with Gasteiger partial charge in [0.2, 0.25) is 0 Å². The summed E-state index contributed by atoms with van der Waals surface area (Å²) in [5.41, 5.74) is 0. The zero-order chi connectivity index (χ0) is 6.43. The van der Waals surface area contributed by atoms with Gasteiger partial charge in [-0.2, -0.15) is 0 Å². The number of hydrogen-bond donors (Lipinski definition) is 2. The van der Waals surface area contributed by atoms with Crippen molar-refractivity contribution in [1.29, 1.82) is 0 Å². The van der Waals surface area contributed by atoms with E-state index in [-0.39, 0.29) is 6.04 Å². The van der Waals surface area contributed by atoms with Crippen LogP contribution in [0.4, 0.5) is 0 Å². The highest BCUT2D eigenvalue weighted by atomic mass is 16.4. The fourth-order valence-electron chi connectivity index (χ4n) is 1.61. The fraction of sp³-hybridized carbons (Fsp3) is 0.833. The van der Waals surface area contributed by atoms with Crippen LogP contribution in [-0.4, -0.2) is 23.7 Å². The molecule has 3 heteroatoms. The van der Waals surface area contributed by atoms with E-state index in [1.165, 1.54) is 0 Å². The van der Waals surface area contributed by atoms with E-state index < -0.39 is 5.97 Å². The number of carboxylic acids is 1. The van der Waals surface area contributed by atoms with E-state index in [0.717, 1.165) is 13.0 Å². The molecule has 9 heavy (non-hydrogen) atoms. The molecule has 0 aromatic rings. The fourth-order valence-corrected chi connectivity index (χ4v) is 1.61. The van der Waals surface area contributed by atoms with E-state index in [0.29, 0.717) is 11.8 Å². The van der Waals surface area contributed by atoms with Crippen LogP contribution in [0.25, 0.3) is 0 Å². The smallest absolute Gasteiger partial charge is 0.320 e. The molecule has 1 saturated carbocycles. The molecule has 0 bridgehead atoms. The number of piperidine rings is 1. The predicted molar refractivity (Wildman–Crippen MR) is 31.0 cm³/mol. The van der Waals surface area contributed by atoms with E-state index in [1.54, 1.807) is 0 Å². The minimum absolute atomic E-state index is 0.227. The Bertz CT molecular complexity index is 157. The summed E-state index contributed by atoms with van der Waals surface area (Å²) >= 11 is 0. The molecule has 1 aliphatic carbocycles. The standard InChI is InChI=1S/C6H9NO2/c8-6(9)5-4-1-3(4)2-7-5/h3-5,7H,1-2H2,(H,8,9)/t3-,4+,5?/m0/s1. The highest BCUT2D eigenvalue weighted by molar-refractivity contribution is 5.75. The molecule has 0 aromatic heterocycles. The second kappa shape index (κ2) is 1.48. The lowest BCUT2D eigenvalue weighted by atomic mass is 10.2. The third-order valence-electron chi connectivity index (χ3n) is 2.27. The molecule has 2 aliphatic rings. The number of rotatable bonds is 1. The summed E-state index contributed by atoms with van der Waals surface area (Å²) in [6, 6.07) is -0.227. The molecule has 1 saturated heterocycles. The lowest BCUT2D eigenvalue weighted by Crippen LogP contribution is -2.34. The van der Waals surface area contributed by atoms with Gasteiger partial charge in [0.05, 0.1) is 0 Å². The van der Waals surface area contributed by atoms with Crippen molar-refractivity contribution in [2.24, 2.45) is 11.8 Å². The van der Waals surface area contributed by atoms with E-state index in [4.69, 9.17) is 5.11 Å². The Hall–Kier alpha value is -0.570. The van der Waals surface area contributed by atoms with Gasteiger partial charge in [0.25, 0.3) is 0 Å². The minimum Gasteiger partial charge on any atom is -0.480 e. The van der Waals surface area contributed by atoms with Gasteiger partial charge in [0.1, 0.15) is 6.04 Å². The summed E-state index contributed by atoms with van der Waals surface area (Å²) in [7, 11) is 0. The van der Waals surface area contributed by atoms with Gasteiger partial charge in [-0.25, -0.2) is 0 Å². The summed E-state index contributed by atoms with van der Waals surface area (Å²) in [5.74, 6) is 0.466. The highest BCUT2D eigenvalue weighted by Crippen LogP contribution is 2.44. The maximum Gasteiger partial charge on any atom is 0.320 e. The SMILES string of the molecule is O=C(O)C1NC[C@@H]2C[C@@H]12. The molecule has 3 atom stereocenters. The average Bonchev–Trinajstić information content (AvgIpc) is 2.43. The third-order valence-corrected chi connectivity index (χ3v) is 2.27. The predicted octanol–water partition coefficient (Wildman–Crippen LogP) is -0.321. The lowest BCUT2D eigenvalue weighted by molar-refractivity contribution is -0.139. The summed E-state index contributed by atoms with van der Waals surface area (Å²) in [5, 5.41) is 11.5. The van der Waals surface area contributed by atoms with Crippen molar-refractivity contribution in [2.75, 3.05) is 6.54 Å². The topological polar surface area (TPSA) is 49.3 Å². The molecular formula is C6H9NO2. The molecule has 0 spiro atoms. The Balaban J connectivity index is 2.06. The van der Waals surface area contributed by atoms with Gasteiger partial charge in [-0.05, 0) is 24.8 Å². The van der Waals surface area contributed by atoms with E-state index >= 15 is 0 Å². The van der Waals surface area contributed by atoms with Gasteiger partial charge in [-0.3, -0.25) is 4.79 Å². The Morgan fingerprint density at radius 2 is 2.44 bits per heavy atom. The first-order chi connectivity index (χ1) is 4.29. The molecule has 2 fully saturated rings. The largest absolute Gasteiger partial charge is 0.480 e. The van der Waals surface area contributed by atoms with E-state index in [9.17, 15) is 4.79 Å². The summed E-state index contributed by atoms with van der Waals surface area (Å²) in [6.45, 7) is 0.918. The third kappa shape index (κ3) is 0.645. The lowest BCUT2D eigenvalue weighted by Gasteiger charge is -2.04. The van der Waals surface area contributed by atoms with Crippen molar-refractivity contribution >= 4 is 5.97 Å². The quantitative estimate of drug-likeness (QED) is 0.507. The Kier molecular flexibility index (Phi) is 0.858. The van der Waals surface area contributed by atoms with Crippen molar-refractivity contribution in [3.63, 3.8) is 0 Å². The summed E-state index contributed by atoms with van der Waals surface area (Å²) in [6.07, 6.45) is 1.13. The number of carboxylic acid groups (broad SMARTS) is 1. The normalized spacial score (nSPS) is 46.4. The van der Waals surface area contributed by atoms with Crippen molar-refractivity contribution in [3.05, 3.63) is 0 Å². The zero-order valence-corrected chi connectivity index (χ0v) is 5.00. The maximum atomic E-state index is 10.4. The van der Waals surface area contributed by atoms with Crippen LogP contribution in [0.3, 0.4) is 0 Å². The van der Waals surface area contributed by atoms with Crippen LogP contribution >= 0.6 is 0 Å². The molecule has 2 rings (SSSR count). The monoisotopic (exact) mass is 127 g/mol. The van der Waals surface area contributed by atoms with Crippen molar-refractivity contribution in [1.82, 2.24) is 5.32 Å². The summed E-state index contributed by atoms with van der Waals surface area (Å²) < 4.78 is 0. The second-order valence-electron chi connectivity index (χ2n) is 2.88. The van der Waals surface area contributed by atoms with Gasteiger partial charge in [-0.15, -0.1) is 0 Å². The Labute approximate surface area is 53.1 Å². The molecule has 0 radical (unpaired) electrons. The van der Waals surface area contributed by atoms with E-state index in [1.807, 2.05) is 0 Å². The number of fused-ring (bicyclic) bond motifs is 1. The Morgan fingerprint density at radius 1 is 1.67 bits per heavy atom. The molecule has 3 nitrogen and oxygen atoms in total. The molecule has 0 aromatic carbocycles. The molecule has 1 unspecified atom stereocenters. The average molecular weight is 127 g/mol. The van der Waals surface area contributed by atoms with Gasteiger partial charge in [0, 0.05) is 0 Å². The highest BCUT2D eigenvalue weighted by Gasteiger charge is 2.51. The van der Waals surface area contributed by atoms with Gasteiger partial charge >= 0.3 is 5.97 Å². The van der Waals surface area contributed by atoms with Crippen LogP contribution in [0.2, 0.25) is 0 Å². The van der Waals surface area contributed by atoms with Crippen LogP contribution in [0.15, 0.2) is 0 Å². The van der Waals surface area contributed by atoms with Gasteiger partial charge in [0.15, 0.2) is 0 Å². The van der Waals surface area contributed by atoms with Crippen molar-refractivity contribution in [3.8, 4) is 0 Å². The first-order valence-electron chi connectivity index (χ1n) is 3.25. The van der Waals surface area contributed by atoms with Crippen LogP contribution in [0.5, 0.6) is 0 Å².